The SMILES string of the molecule is Oc1nccc(Oc2ccccc2)n1. The number of ether oxygens (including phenoxy) is 1. The molecule has 14 heavy (non-hydrogen) atoms. The van der Waals surface area contributed by atoms with Crippen molar-refractivity contribution in [2.45, 2.75) is 0 Å². The van der Waals surface area contributed by atoms with Gasteiger partial charge >= 0.3 is 6.01 Å². The third kappa shape index (κ3) is 1.98. The van der Waals surface area contributed by atoms with E-state index in [1.54, 1.807) is 18.2 Å². The molecule has 0 aliphatic carbocycles. The van der Waals surface area contributed by atoms with Crippen molar-refractivity contribution in [1.29, 1.82) is 0 Å². The summed E-state index contributed by atoms with van der Waals surface area (Å²) < 4.78 is 5.35. The Morgan fingerprint density at radius 1 is 1.07 bits per heavy atom. The summed E-state index contributed by atoms with van der Waals surface area (Å²) in [7, 11) is 0. The van der Waals surface area contributed by atoms with Crippen molar-refractivity contribution in [3.8, 4) is 17.6 Å². The summed E-state index contributed by atoms with van der Waals surface area (Å²) in [6.45, 7) is 0. The van der Waals surface area contributed by atoms with Gasteiger partial charge in [-0.05, 0) is 12.1 Å². The van der Waals surface area contributed by atoms with E-state index in [2.05, 4.69) is 9.97 Å². The van der Waals surface area contributed by atoms with Crippen LogP contribution in [0.15, 0.2) is 42.6 Å². The minimum absolute atomic E-state index is 0.293. The van der Waals surface area contributed by atoms with E-state index in [-0.39, 0.29) is 6.01 Å². The number of para-hydroxylation sites is 1. The maximum Gasteiger partial charge on any atom is 0.317 e. The summed E-state index contributed by atoms with van der Waals surface area (Å²) in [5, 5.41) is 8.99. The molecule has 0 fully saturated rings. The fourth-order valence-corrected chi connectivity index (χ4v) is 0.999. The molecular weight excluding hydrogens is 180 g/mol. The monoisotopic (exact) mass is 188 g/mol. The first-order valence-corrected chi connectivity index (χ1v) is 4.09. The van der Waals surface area contributed by atoms with Gasteiger partial charge in [0.15, 0.2) is 0 Å². The quantitative estimate of drug-likeness (QED) is 0.782. The molecule has 0 atom stereocenters. The molecule has 1 N–H and O–H groups in total. The van der Waals surface area contributed by atoms with Crippen molar-refractivity contribution in [2.75, 3.05) is 0 Å². The Bertz CT molecular complexity index is 417. The van der Waals surface area contributed by atoms with Gasteiger partial charge in [0, 0.05) is 12.3 Å². The molecule has 1 aromatic heterocycles. The van der Waals surface area contributed by atoms with Crippen molar-refractivity contribution in [3.05, 3.63) is 42.6 Å². The van der Waals surface area contributed by atoms with E-state index >= 15 is 0 Å². The van der Waals surface area contributed by atoms with Crippen molar-refractivity contribution in [2.24, 2.45) is 0 Å². The molecule has 0 saturated carbocycles. The molecule has 70 valence electrons. The lowest BCUT2D eigenvalue weighted by Gasteiger charge is -2.02. The molecule has 0 bridgehead atoms. The van der Waals surface area contributed by atoms with Crippen LogP contribution in [0, 0.1) is 0 Å². The second-order valence-corrected chi connectivity index (χ2v) is 2.61. The molecule has 0 unspecified atom stereocenters. The van der Waals surface area contributed by atoms with E-state index in [0.29, 0.717) is 11.6 Å². The fourth-order valence-electron chi connectivity index (χ4n) is 0.999. The van der Waals surface area contributed by atoms with Crippen LogP contribution < -0.4 is 4.74 Å². The zero-order valence-electron chi connectivity index (χ0n) is 7.29. The number of hydrogen-bond acceptors (Lipinski definition) is 4. The Kier molecular flexibility index (Phi) is 2.27. The fraction of sp³-hybridized carbons (Fsp3) is 0. The molecule has 0 radical (unpaired) electrons. The van der Waals surface area contributed by atoms with Crippen LogP contribution in [0.3, 0.4) is 0 Å². The molecule has 1 heterocycles. The van der Waals surface area contributed by atoms with Crippen LogP contribution in [-0.2, 0) is 0 Å². The number of nitrogens with zero attached hydrogens (tertiary/aromatic N) is 2. The number of aromatic nitrogens is 2. The predicted octanol–water partition coefficient (Wildman–Crippen LogP) is 1.97. The number of hydrogen-bond donors (Lipinski definition) is 1. The number of aromatic hydroxyl groups is 1. The molecule has 4 heteroatoms. The van der Waals surface area contributed by atoms with Crippen LogP contribution in [0.2, 0.25) is 0 Å². The second-order valence-electron chi connectivity index (χ2n) is 2.61. The first-order valence-electron chi connectivity index (χ1n) is 4.09. The van der Waals surface area contributed by atoms with Crippen LogP contribution in [0.1, 0.15) is 0 Å². The normalized spacial score (nSPS) is 9.71. The maximum absolute atomic E-state index is 8.99. The zero-order valence-corrected chi connectivity index (χ0v) is 7.29. The van der Waals surface area contributed by atoms with Gasteiger partial charge in [0.1, 0.15) is 5.75 Å². The lowest BCUT2D eigenvalue weighted by Crippen LogP contribution is -1.88. The Morgan fingerprint density at radius 2 is 1.86 bits per heavy atom. The van der Waals surface area contributed by atoms with E-state index in [1.165, 1.54) is 6.20 Å². The van der Waals surface area contributed by atoms with Gasteiger partial charge in [0.2, 0.25) is 5.88 Å². The van der Waals surface area contributed by atoms with Crippen molar-refractivity contribution >= 4 is 0 Å². The van der Waals surface area contributed by atoms with Gasteiger partial charge in [0.05, 0.1) is 0 Å². The summed E-state index contributed by atoms with van der Waals surface area (Å²) in [4.78, 5) is 7.24. The molecule has 1 aromatic carbocycles. The minimum Gasteiger partial charge on any atom is -0.479 e. The topological polar surface area (TPSA) is 55.2 Å². The van der Waals surface area contributed by atoms with Gasteiger partial charge in [0.25, 0.3) is 0 Å². The standard InChI is InChI=1S/C10H8N2O2/c13-10-11-7-6-9(12-10)14-8-4-2-1-3-5-8/h1-7H,(H,11,12,13). The van der Waals surface area contributed by atoms with Crippen LogP contribution >= 0.6 is 0 Å². The molecule has 0 amide bonds. The summed E-state index contributed by atoms with van der Waals surface area (Å²) in [5.74, 6) is 0.995. The largest absolute Gasteiger partial charge is 0.479 e. The molecule has 0 saturated heterocycles. The zero-order chi connectivity index (χ0) is 9.80. The van der Waals surface area contributed by atoms with Gasteiger partial charge in [-0.15, -0.1) is 0 Å². The Hall–Kier alpha value is -2.10. The van der Waals surface area contributed by atoms with Gasteiger partial charge in [-0.25, -0.2) is 4.98 Å². The lowest BCUT2D eigenvalue weighted by molar-refractivity contribution is 0.402. The minimum atomic E-state index is -0.293. The van der Waals surface area contributed by atoms with Crippen LogP contribution in [0.25, 0.3) is 0 Å². The smallest absolute Gasteiger partial charge is 0.317 e. The number of benzene rings is 1. The average molecular weight is 188 g/mol. The van der Waals surface area contributed by atoms with Crippen LogP contribution in [-0.4, -0.2) is 15.1 Å². The third-order valence-electron chi connectivity index (χ3n) is 1.58. The van der Waals surface area contributed by atoms with Gasteiger partial charge in [-0.1, -0.05) is 18.2 Å². The second kappa shape index (κ2) is 3.74. The highest BCUT2D eigenvalue weighted by molar-refractivity contribution is 5.26. The van der Waals surface area contributed by atoms with Crippen molar-refractivity contribution in [1.82, 2.24) is 9.97 Å². The first kappa shape index (κ1) is 8.50. The Balaban J connectivity index is 2.19. The molecular formula is C10H8N2O2. The highest BCUT2D eigenvalue weighted by Gasteiger charge is 1.98. The molecule has 4 nitrogen and oxygen atoms in total. The maximum atomic E-state index is 8.99. The summed E-state index contributed by atoms with van der Waals surface area (Å²) in [6, 6.07) is 10.5. The summed E-state index contributed by atoms with van der Waals surface area (Å²) in [5.41, 5.74) is 0. The molecule has 2 aromatic rings. The Labute approximate surface area is 80.8 Å². The number of rotatable bonds is 2. The molecule has 0 aliphatic rings. The first-order chi connectivity index (χ1) is 6.84. The van der Waals surface area contributed by atoms with Crippen LogP contribution in [0.5, 0.6) is 17.6 Å². The van der Waals surface area contributed by atoms with Gasteiger partial charge in [-0.3, -0.25) is 0 Å². The van der Waals surface area contributed by atoms with E-state index < -0.39 is 0 Å². The lowest BCUT2D eigenvalue weighted by atomic mass is 10.3. The van der Waals surface area contributed by atoms with Crippen molar-refractivity contribution < 1.29 is 9.84 Å². The Morgan fingerprint density at radius 3 is 2.57 bits per heavy atom. The van der Waals surface area contributed by atoms with E-state index in [1.807, 2.05) is 18.2 Å². The van der Waals surface area contributed by atoms with Gasteiger partial charge in [-0.2, -0.15) is 4.98 Å². The van der Waals surface area contributed by atoms with E-state index in [9.17, 15) is 0 Å². The molecule has 0 spiro atoms. The highest BCUT2D eigenvalue weighted by Crippen LogP contribution is 2.18. The summed E-state index contributed by atoms with van der Waals surface area (Å²) >= 11 is 0. The molecule has 2 rings (SSSR count). The summed E-state index contributed by atoms with van der Waals surface area (Å²) in [6.07, 6.45) is 1.43. The van der Waals surface area contributed by atoms with E-state index in [0.717, 1.165) is 0 Å². The van der Waals surface area contributed by atoms with Gasteiger partial charge < -0.3 is 9.84 Å². The van der Waals surface area contributed by atoms with Crippen LogP contribution in [0.4, 0.5) is 0 Å². The average Bonchev–Trinajstić information content (AvgIpc) is 2.19. The van der Waals surface area contributed by atoms with Crippen molar-refractivity contribution in [3.63, 3.8) is 0 Å². The third-order valence-corrected chi connectivity index (χ3v) is 1.58. The highest BCUT2D eigenvalue weighted by atomic mass is 16.5. The molecule has 0 aliphatic heterocycles. The van der Waals surface area contributed by atoms with E-state index in [4.69, 9.17) is 9.84 Å². The predicted molar refractivity (Wildman–Crippen MR) is 50.2 cm³/mol.